The van der Waals surface area contributed by atoms with Crippen molar-refractivity contribution >= 4 is 28.7 Å². The molecule has 5 nitrogen and oxygen atoms in total. The first-order chi connectivity index (χ1) is 11.6. The summed E-state index contributed by atoms with van der Waals surface area (Å²) < 4.78 is 5.47. The second-order valence-corrected chi connectivity index (χ2v) is 5.84. The molecule has 0 atom stereocenters. The third-order valence-corrected chi connectivity index (χ3v) is 4.23. The number of hydrogen-bond donors (Lipinski definition) is 2. The Labute approximate surface area is 142 Å². The van der Waals surface area contributed by atoms with Crippen molar-refractivity contribution in [2.24, 2.45) is 0 Å². The highest BCUT2D eigenvalue weighted by Crippen LogP contribution is 2.33. The second-order valence-electron chi connectivity index (χ2n) is 5.84. The minimum atomic E-state index is -0.119. The first kappa shape index (κ1) is 16.2. The molecule has 0 aliphatic carbocycles. The van der Waals surface area contributed by atoms with Crippen LogP contribution in [0.5, 0.6) is 5.75 Å². The number of fused-ring (bicyclic) bond motifs is 1. The van der Waals surface area contributed by atoms with E-state index >= 15 is 0 Å². The Bertz CT molecular complexity index is 754. The van der Waals surface area contributed by atoms with E-state index in [1.165, 1.54) is 11.3 Å². The number of benzene rings is 2. The zero-order chi connectivity index (χ0) is 17.1. The minimum Gasteiger partial charge on any atom is -0.482 e. The van der Waals surface area contributed by atoms with Crippen molar-refractivity contribution in [3.63, 3.8) is 0 Å². The van der Waals surface area contributed by atoms with Crippen LogP contribution in [0, 0.1) is 6.92 Å². The fraction of sp³-hybridized carbons (Fsp3) is 0.316. The number of rotatable bonds is 5. The van der Waals surface area contributed by atoms with E-state index in [1.54, 1.807) is 0 Å². The molecule has 0 unspecified atom stereocenters. The van der Waals surface area contributed by atoms with Gasteiger partial charge in [0.25, 0.3) is 5.91 Å². The average Bonchev–Trinajstić information content (AvgIpc) is 2.58. The number of aryl methyl sites for hydroxylation is 1. The van der Waals surface area contributed by atoms with Crippen molar-refractivity contribution in [3.05, 3.63) is 42.0 Å². The average molecular weight is 325 g/mol. The Morgan fingerprint density at radius 2 is 1.96 bits per heavy atom. The second kappa shape index (κ2) is 6.83. The molecule has 0 saturated carbocycles. The molecule has 0 aromatic heterocycles. The van der Waals surface area contributed by atoms with E-state index in [1.807, 2.05) is 18.2 Å². The van der Waals surface area contributed by atoms with Crippen molar-refractivity contribution < 1.29 is 9.53 Å². The first-order valence-corrected chi connectivity index (χ1v) is 8.30. The molecule has 5 heteroatoms. The van der Waals surface area contributed by atoms with E-state index in [0.29, 0.717) is 11.4 Å². The number of hydrogen-bond acceptors (Lipinski definition) is 4. The lowest BCUT2D eigenvalue weighted by Gasteiger charge is -2.23. The molecule has 0 saturated heterocycles. The van der Waals surface area contributed by atoms with Gasteiger partial charge in [-0.15, -0.1) is 0 Å². The van der Waals surface area contributed by atoms with Gasteiger partial charge in [-0.25, -0.2) is 0 Å². The van der Waals surface area contributed by atoms with Gasteiger partial charge in [0.05, 0.1) is 5.69 Å². The van der Waals surface area contributed by atoms with Crippen LogP contribution in [0.4, 0.5) is 22.7 Å². The topological polar surface area (TPSA) is 53.6 Å². The Hall–Kier alpha value is -2.69. The monoisotopic (exact) mass is 325 g/mol. The molecular formula is C19H23N3O2. The van der Waals surface area contributed by atoms with Gasteiger partial charge in [0.1, 0.15) is 5.75 Å². The summed E-state index contributed by atoms with van der Waals surface area (Å²) in [6, 6.07) is 12.1. The highest BCUT2D eigenvalue weighted by Gasteiger charge is 2.16. The molecule has 1 heterocycles. The Balaban J connectivity index is 1.80. The lowest BCUT2D eigenvalue weighted by Crippen LogP contribution is -2.25. The molecular weight excluding hydrogens is 302 g/mol. The number of carbonyl (C=O) groups is 1. The summed E-state index contributed by atoms with van der Waals surface area (Å²) in [6.45, 7) is 8.49. The van der Waals surface area contributed by atoms with Gasteiger partial charge in [-0.05, 0) is 56.7 Å². The zero-order valence-corrected chi connectivity index (χ0v) is 14.3. The Morgan fingerprint density at radius 1 is 1.17 bits per heavy atom. The lowest BCUT2D eigenvalue weighted by atomic mass is 10.1. The van der Waals surface area contributed by atoms with Crippen LogP contribution in [-0.2, 0) is 4.79 Å². The molecule has 0 bridgehead atoms. The Morgan fingerprint density at radius 3 is 2.67 bits per heavy atom. The number of nitrogens with one attached hydrogen (secondary N) is 2. The molecule has 1 amide bonds. The van der Waals surface area contributed by atoms with Gasteiger partial charge in [-0.3, -0.25) is 4.79 Å². The standard InChI is InChI=1S/C19H23N3O2/c1-4-22(5-2)15-7-9-16(13(3)10-15)20-14-6-8-17-18(11-14)24-12-19(23)21-17/h6-11,20H,4-5,12H2,1-3H3,(H,21,23). The maximum Gasteiger partial charge on any atom is 0.262 e. The third-order valence-electron chi connectivity index (χ3n) is 4.23. The van der Waals surface area contributed by atoms with Gasteiger partial charge >= 0.3 is 0 Å². The summed E-state index contributed by atoms with van der Waals surface area (Å²) in [5.41, 5.74) is 5.13. The normalized spacial score (nSPS) is 12.9. The molecule has 2 N–H and O–H groups in total. The van der Waals surface area contributed by atoms with Gasteiger partial charge in [-0.2, -0.15) is 0 Å². The van der Waals surface area contributed by atoms with Crippen molar-refractivity contribution in [1.29, 1.82) is 0 Å². The van der Waals surface area contributed by atoms with E-state index in [2.05, 4.69) is 54.5 Å². The summed E-state index contributed by atoms with van der Waals surface area (Å²) in [6.07, 6.45) is 0. The zero-order valence-electron chi connectivity index (χ0n) is 14.3. The molecule has 126 valence electrons. The number of ether oxygens (including phenoxy) is 1. The summed E-state index contributed by atoms with van der Waals surface area (Å²) >= 11 is 0. The minimum absolute atomic E-state index is 0.0635. The molecule has 2 aromatic carbocycles. The highest BCUT2D eigenvalue weighted by molar-refractivity contribution is 5.95. The van der Waals surface area contributed by atoms with Crippen molar-refractivity contribution in [3.8, 4) is 5.75 Å². The van der Waals surface area contributed by atoms with Crippen LogP contribution in [-0.4, -0.2) is 25.6 Å². The van der Waals surface area contributed by atoms with Crippen LogP contribution in [0.2, 0.25) is 0 Å². The lowest BCUT2D eigenvalue weighted by molar-refractivity contribution is -0.118. The summed E-state index contributed by atoms with van der Waals surface area (Å²) in [5, 5.41) is 6.22. The van der Waals surface area contributed by atoms with E-state index in [0.717, 1.165) is 24.5 Å². The van der Waals surface area contributed by atoms with Crippen LogP contribution < -0.4 is 20.3 Å². The Kier molecular flexibility index (Phi) is 4.60. The summed E-state index contributed by atoms with van der Waals surface area (Å²) in [5.74, 6) is 0.572. The number of carbonyl (C=O) groups excluding carboxylic acids is 1. The molecule has 0 fully saturated rings. The summed E-state index contributed by atoms with van der Waals surface area (Å²) in [4.78, 5) is 13.7. The maximum absolute atomic E-state index is 11.3. The van der Waals surface area contributed by atoms with Crippen molar-refractivity contribution in [2.45, 2.75) is 20.8 Å². The summed E-state index contributed by atoms with van der Waals surface area (Å²) in [7, 11) is 0. The van der Waals surface area contributed by atoms with Gasteiger partial charge in [0.15, 0.2) is 6.61 Å². The van der Waals surface area contributed by atoms with Crippen LogP contribution in [0.3, 0.4) is 0 Å². The molecule has 0 spiro atoms. The van der Waals surface area contributed by atoms with E-state index in [-0.39, 0.29) is 12.5 Å². The van der Waals surface area contributed by atoms with Crippen LogP contribution in [0.15, 0.2) is 36.4 Å². The SMILES string of the molecule is CCN(CC)c1ccc(Nc2ccc3c(c2)OCC(=O)N3)c(C)c1. The molecule has 0 radical (unpaired) electrons. The van der Waals surface area contributed by atoms with Gasteiger partial charge in [0.2, 0.25) is 0 Å². The fourth-order valence-electron chi connectivity index (χ4n) is 2.88. The molecule has 24 heavy (non-hydrogen) atoms. The number of amides is 1. The van der Waals surface area contributed by atoms with Gasteiger partial charge < -0.3 is 20.3 Å². The molecule has 2 aromatic rings. The smallest absolute Gasteiger partial charge is 0.262 e. The quantitative estimate of drug-likeness (QED) is 0.875. The van der Waals surface area contributed by atoms with Crippen LogP contribution in [0.1, 0.15) is 19.4 Å². The fourth-order valence-corrected chi connectivity index (χ4v) is 2.88. The maximum atomic E-state index is 11.3. The molecule has 1 aliphatic rings. The molecule has 3 rings (SSSR count). The van der Waals surface area contributed by atoms with Crippen LogP contribution >= 0.6 is 0 Å². The van der Waals surface area contributed by atoms with Gasteiger partial charge in [-0.1, -0.05) is 0 Å². The largest absolute Gasteiger partial charge is 0.482 e. The first-order valence-electron chi connectivity index (χ1n) is 8.30. The van der Waals surface area contributed by atoms with E-state index < -0.39 is 0 Å². The molecule has 1 aliphatic heterocycles. The van der Waals surface area contributed by atoms with E-state index in [4.69, 9.17) is 4.74 Å². The van der Waals surface area contributed by atoms with Crippen molar-refractivity contribution in [2.75, 3.05) is 35.2 Å². The van der Waals surface area contributed by atoms with E-state index in [9.17, 15) is 4.79 Å². The predicted molar refractivity (Wildman–Crippen MR) is 98.6 cm³/mol. The number of nitrogens with zero attached hydrogens (tertiary/aromatic N) is 1. The van der Waals surface area contributed by atoms with Crippen LogP contribution in [0.25, 0.3) is 0 Å². The predicted octanol–water partition coefficient (Wildman–Crippen LogP) is 3.92. The van der Waals surface area contributed by atoms with Gasteiger partial charge in [0, 0.05) is 36.2 Å². The number of anilines is 4. The highest BCUT2D eigenvalue weighted by atomic mass is 16.5. The van der Waals surface area contributed by atoms with Crippen molar-refractivity contribution in [1.82, 2.24) is 0 Å². The third kappa shape index (κ3) is 3.30.